The highest BCUT2D eigenvalue weighted by molar-refractivity contribution is 6.31. The predicted octanol–water partition coefficient (Wildman–Crippen LogP) is 1.61. The molecule has 25 heavy (non-hydrogen) atoms. The maximum absolute atomic E-state index is 12.8. The normalized spacial score (nSPS) is 10.2. The summed E-state index contributed by atoms with van der Waals surface area (Å²) >= 11 is 6.04. The number of carbonyl (C=O) groups excluding carboxylic acids is 3. The molecule has 0 aliphatic carbocycles. The molecule has 2 amide bonds. The van der Waals surface area contributed by atoms with Crippen LogP contribution in [-0.4, -0.2) is 37.7 Å². The van der Waals surface area contributed by atoms with Crippen molar-refractivity contribution >= 4 is 34.9 Å². The van der Waals surface area contributed by atoms with E-state index in [1.165, 1.54) is 0 Å². The van der Waals surface area contributed by atoms with Crippen molar-refractivity contribution in [2.24, 2.45) is 5.73 Å². The molecule has 0 fully saturated rings. The van der Waals surface area contributed by atoms with Crippen LogP contribution in [0.2, 0.25) is 5.02 Å². The Kier molecular flexibility index (Phi) is 6.27. The van der Waals surface area contributed by atoms with Crippen LogP contribution in [0, 0.1) is 0 Å². The van der Waals surface area contributed by atoms with Gasteiger partial charge in [-0.15, -0.1) is 0 Å². The quantitative estimate of drug-likeness (QED) is 0.764. The second-order valence-corrected chi connectivity index (χ2v) is 5.82. The second kappa shape index (κ2) is 8.41. The molecule has 0 aliphatic rings. The number of nitrogens with one attached hydrogen (secondary N) is 1. The number of hydrogen-bond acceptors (Lipinski definition) is 5. The van der Waals surface area contributed by atoms with Crippen molar-refractivity contribution in [1.82, 2.24) is 5.32 Å². The van der Waals surface area contributed by atoms with E-state index in [1.807, 2.05) is 6.07 Å². The minimum atomic E-state index is -0.560. The van der Waals surface area contributed by atoms with E-state index in [4.69, 9.17) is 17.3 Å². The number of ketones is 1. The summed E-state index contributed by atoms with van der Waals surface area (Å²) in [6.07, 6.45) is 0. The number of halogens is 1. The average Bonchev–Trinajstić information content (AvgIpc) is 2.61. The Hall–Kier alpha value is -2.70. The summed E-state index contributed by atoms with van der Waals surface area (Å²) < 4.78 is 0. The lowest BCUT2D eigenvalue weighted by molar-refractivity contribution is -0.128. The van der Waals surface area contributed by atoms with Gasteiger partial charge < -0.3 is 10.6 Å². The molecule has 0 spiro atoms. The average molecular weight is 360 g/mol. The van der Waals surface area contributed by atoms with Gasteiger partial charge in [0.1, 0.15) is 0 Å². The van der Waals surface area contributed by atoms with Gasteiger partial charge in [0.15, 0.2) is 5.78 Å². The lowest BCUT2D eigenvalue weighted by Crippen LogP contribution is -2.41. The minimum Gasteiger partial charge on any atom is -0.365 e. The predicted molar refractivity (Wildman–Crippen MR) is 96.8 cm³/mol. The van der Waals surface area contributed by atoms with Gasteiger partial charge in [0.25, 0.3) is 0 Å². The number of hydrogen-bond donors (Lipinski definition) is 2. The Bertz CT molecular complexity index is 793. The smallest absolute Gasteiger partial charge is 0.246 e. The summed E-state index contributed by atoms with van der Waals surface area (Å²) in [5.41, 5.74) is 6.60. The van der Waals surface area contributed by atoms with E-state index in [0.29, 0.717) is 21.8 Å². The standard InChI is InChI=1S/C18H18ClN3O3/c1-22(11-17(24)21-16(23)10-20)15-8-7-13(19)9-14(15)18(25)12-5-3-2-4-6-12/h2-9H,10-11,20H2,1H3,(H,21,23,24). The topological polar surface area (TPSA) is 92.5 Å². The highest BCUT2D eigenvalue weighted by Gasteiger charge is 2.18. The van der Waals surface area contributed by atoms with Crippen LogP contribution in [-0.2, 0) is 9.59 Å². The van der Waals surface area contributed by atoms with E-state index in [0.717, 1.165) is 0 Å². The molecule has 2 aromatic carbocycles. The van der Waals surface area contributed by atoms with E-state index in [9.17, 15) is 14.4 Å². The number of benzene rings is 2. The number of rotatable bonds is 6. The van der Waals surface area contributed by atoms with Crippen LogP contribution >= 0.6 is 11.6 Å². The van der Waals surface area contributed by atoms with Gasteiger partial charge in [0, 0.05) is 28.9 Å². The Balaban J connectivity index is 2.27. The highest BCUT2D eigenvalue weighted by atomic mass is 35.5. The molecule has 0 aromatic heterocycles. The van der Waals surface area contributed by atoms with Crippen molar-refractivity contribution in [2.75, 3.05) is 25.0 Å². The molecule has 7 heteroatoms. The van der Waals surface area contributed by atoms with Crippen LogP contribution in [0.1, 0.15) is 15.9 Å². The van der Waals surface area contributed by atoms with E-state index < -0.39 is 11.8 Å². The summed E-state index contributed by atoms with van der Waals surface area (Å²) in [6.45, 7) is -0.378. The molecular weight excluding hydrogens is 342 g/mol. The molecule has 0 aliphatic heterocycles. The van der Waals surface area contributed by atoms with E-state index in [1.54, 1.807) is 54.4 Å². The van der Waals surface area contributed by atoms with Gasteiger partial charge in [-0.2, -0.15) is 0 Å². The molecule has 0 atom stereocenters. The molecule has 0 radical (unpaired) electrons. The number of likely N-dealkylation sites (N-methyl/N-ethyl adjacent to an activating group) is 1. The maximum atomic E-state index is 12.8. The summed E-state index contributed by atoms with van der Waals surface area (Å²) in [5, 5.41) is 2.58. The molecule has 0 heterocycles. The molecule has 0 bridgehead atoms. The van der Waals surface area contributed by atoms with Crippen LogP contribution in [0.4, 0.5) is 5.69 Å². The largest absolute Gasteiger partial charge is 0.365 e. The van der Waals surface area contributed by atoms with Gasteiger partial charge in [0.05, 0.1) is 13.1 Å². The minimum absolute atomic E-state index is 0.109. The lowest BCUT2D eigenvalue weighted by atomic mass is 10.0. The highest BCUT2D eigenvalue weighted by Crippen LogP contribution is 2.26. The first-order chi connectivity index (χ1) is 11.9. The third kappa shape index (κ3) is 4.89. The van der Waals surface area contributed by atoms with Crippen molar-refractivity contribution in [3.8, 4) is 0 Å². The fourth-order valence-electron chi connectivity index (χ4n) is 2.31. The molecule has 0 saturated carbocycles. The summed E-state index contributed by atoms with van der Waals surface area (Å²) in [4.78, 5) is 37.4. The lowest BCUT2D eigenvalue weighted by Gasteiger charge is -2.21. The fourth-order valence-corrected chi connectivity index (χ4v) is 2.49. The van der Waals surface area contributed by atoms with Crippen LogP contribution in [0.3, 0.4) is 0 Å². The van der Waals surface area contributed by atoms with Crippen LogP contribution in [0.15, 0.2) is 48.5 Å². The molecule has 2 aromatic rings. The first-order valence-corrected chi connectivity index (χ1v) is 7.93. The van der Waals surface area contributed by atoms with E-state index in [2.05, 4.69) is 5.32 Å². The Morgan fingerprint density at radius 3 is 2.40 bits per heavy atom. The molecule has 2 rings (SSSR count). The molecule has 130 valence electrons. The van der Waals surface area contributed by atoms with E-state index >= 15 is 0 Å². The number of imide groups is 1. The zero-order valence-corrected chi connectivity index (χ0v) is 14.4. The third-order valence-corrected chi connectivity index (χ3v) is 3.73. The molecule has 0 unspecified atom stereocenters. The van der Waals surface area contributed by atoms with Gasteiger partial charge in [0.2, 0.25) is 11.8 Å². The number of carbonyl (C=O) groups is 3. The first-order valence-electron chi connectivity index (χ1n) is 7.55. The van der Waals surface area contributed by atoms with Crippen molar-refractivity contribution < 1.29 is 14.4 Å². The van der Waals surface area contributed by atoms with Gasteiger partial charge in [-0.25, -0.2) is 0 Å². The fraction of sp³-hybridized carbons (Fsp3) is 0.167. The van der Waals surface area contributed by atoms with Crippen molar-refractivity contribution in [2.45, 2.75) is 0 Å². The summed E-state index contributed by atoms with van der Waals surface area (Å²) in [5.74, 6) is -1.27. The van der Waals surface area contributed by atoms with Crippen LogP contribution < -0.4 is 16.0 Å². The van der Waals surface area contributed by atoms with Gasteiger partial charge in [-0.1, -0.05) is 41.9 Å². The molecular formula is C18H18ClN3O3. The second-order valence-electron chi connectivity index (χ2n) is 5.39. The summed E-state index contributed by atoms with van der Waals surface area (Å²) in [6, 6.07) is 13.6. The number of anilines is 1. The van der Waals surface area contributed by atoms with Gasteiger partial charge in [-0.3, -0.25) is 19.7 Å². The molecule has 6 nitrogen and oxygen atoms in total. The van der Waals surface area contributed by atoms with Crippen LogP contribution in [0.5, 0.6) is 0 Å². The monoisotopic (exact) mass is 359 g/mol. The molecule has 3 N–H and O–H groups in total. The maximum Gasteiger partial charge on any atom is 0.246 e. The number of nitrogens with zero attached hydrogens (tertiary/aromatic N) is 1. The van der Waals surface area contributed by atoms with Crippen molar-refractivity contribution in [3.05, 3.63) is 64.7 Å². The van der Waals surface area contributed by atoms with Crippen molar-refractivity contribution in [1.29, 1.82) is 0 Å². The Morgan fingerprint density at radius 1 is 1.08 bits per heavy atom. The SMILES string of the molecule is CN(CC(=O)NC(=O)CN)c1ccc(Cl)cc1C(=O)c1ccccc1. The Labute approximate surface area is 150 Å². The Morgan fingerprint density at radius 2 is 1.76 bits per heavy atom. The zero-order chi connectivity index (χ0) is 18.4. The number of nitrogens with two attached hydrogens (primary N) is 1. The summed E-state index contributed by atoms with van der Waals surface area (Å²) in [7, 11) is 1.65. The van der Waals surface area contributed by atoms with Crippen LogP contribution in [0.25, 0.3) is 0 Å². The molecule has 0 saturated heterocycles. The van der Waals surface area contributed by atoms with Gasteiger partial charge in [-0.05, 0) is 18.2 Å². The zero-order valence-electron chi connectivity index (χ0n) is 13.7. The first kappa shape index (κ1) is 18.6. The van der Waals surface area contributed by atoms with Crippen molar-refractivity contribution in [3.63, 3.8) is 0 Å². The van der Waals surface area contributed by atoms with E-state index in [-0.39, 0.29) is 18.9 Å². The third-order valence-electron chi connectivity index (χ3n) is 3.50. The van der Waals surface area contributed by atoms with Gasteiger partial charge >= 0.3 is 0 Å². The number of amides is 2.